The van der Waals surface area contributed by atoms with E-state index in [2.05, 4.69) is 5.43 Å². The number of nitrogens with one attached hydrogen (secondary N) is 1. The van der Waals surface area contributed by atoms with Crippen LogP contribution < -0.4 is 11.3 Å². The van der Waals surface area contributed by atoms with Gasteiger partial charge >= 0.3 is 0 Å². The molecule has 60 valence electrons. The number of para-hydroxylation sites is 1. The molecule has 0 spiro atoms. The topological polar surface area (TPSA) is 85.6 Å². The fourth-order valence-electron chi connectivity index (χ4n) is 0.534. The van der Waals surface area contributed by atoms with E-state index in [1.165, 1.54) is 0 Å². The maximum atomic E-state index is 6.00. The first kappa shape index (κ1) is 12.4. The molecule has 0 aliphatic rings. The second-order valence-corrected chi connectivity index (χ2v) is 1.51. The first-order valence-corrected chi connectivity index (χ1v) is 2.65. The fourth-order valence-corrected chi connectivity index (χ4v) is 0.534. The maximum absolute atomic E-state index is 6.00. The average Bonchev–Trinajstić information content (AvgIpc) is 2.10. The Morgan fingerprint density at radius 2 is 1.55 bits per heavy atom. The molecule has 0 heterocycles. The Labute approximate surface area is 71.2 Å². The van der Waals surface area contributed by atoms with Gasteiger partial charge in [0, 0.05) is 16.5 Å². The average molecular weight is 173 g/mol. The summed E-state index contributed by atoms with van der Waals surface area (Å²) >= 11 is 0. The van der Waals surface area contributed by atoms with Crippen LogP contribution in [0.4, 0.5) is 5.69 Å². The summed E-state index contributed by atoms with van der Waals surface area (Å²) in [5.41, 5.74) is 3.46. The zero-order chi connectivity index (χ0) is 7.82. The standard InChI is InChI=1S/C6H8N2.ClH.N2/c7-8-6-4-2-1-3-5-6;;1-2/h1-5,8H,7H2;1H;. The molecule has 1 rings (SSSR count). The van der Waals surface area contributed by atoms with E-state index in [-0.39, 0.29) is 12.4 Å². The second kappa shape index (κ2) is 8.69. The fraction of sp³-hybridized carbons (Fsp3) is 0. The molecule has 5 heteroatoms. The number of nitrogens with two attached hydrogens (primary N) is 1. The molecule has 0 fully saturated rings. The van der Waals surface area contributed by atoms with Crippen LogP contribution in [0.5, 0.6) is 0 Å². The van der Waals surface area contributed by atoms with Crippen molar-refractivity contribution < 1.29 is 0 Å². The molecule has 0 atom stereocenters. The lowest BCUT2D eigenvalue weighted by molar-refractivity contribution is 1.15. The quantitative estimate of drug-likeness (QED) is 0.381. The molecule has 3 N–H and O–H groups in total. The predicted octanol–water partition coefficient (Wildman–Crippen LogP) is 1.42. The normalized spacial score (nSPS) is 6.45. The van der Waals surface area contributed by atoms with Gasteiger partial charge in [-0.3, -0.25) is 5.84 Å². The highest BCUT2D eigenvalue weighted by atomic mass is 35.5. The molecule has 0 aliphatic carbocycles. The van der Waals surface area contributed by atoms with Crippen LogP contribution in [0.3, 0.4) is 0 Å². The van der Waals surface area contributed by atoms with Crippen LogP contribution in [0.2, 0.25) is 0 Å². The van der Waals surface area contributed by atoms with Crippen LogP contribution in [0.15, 0.2) is 30.3 Å². The third kappa shape index (κ3) is 5.15. The molecule has 0 amide bonds. The molecule has 1 aromatic carbocycles. The van der Waals surface area contributed by atoms with Gasteiger partial charge in [0.25, 0.3) is 0 Å². The molecular weight excluding hydrogens is 164 g/mol. The number of rotatable bonds is 1. The number of benzene rings is 1. The van der Waals surface area contributed by atoms with Crippen molar-refractivity contribution in [3.05, 3.63) is 30.3 Å². The van der Waals surface area contributed by atoms with Gasteiger partial charge in [0.05, 0.1) is 0 Å². The predicted molar refractivity (Wildman–Crippen MR) is 45.0 cm³/mol. The van der Waals surface area contributed by atoms with Gasteiger partial charge in [-0.1, -0.05) is 18.2 Å². The van der Waals surface area contributed by atoms with E-state index in [0.29, 0.717) is 0 Å². The SMILES string of the molecule is Cl.N#N.NNc1ccccc1. The van der Waals surface area contributed by atoms with E-state index in [4.69, 9.17) is 16.6 Å². The summed E-state index contributed by atoms with van der Waals surface area (Å²) in [5.74, 6) is 5.10. The van der Waals surface area contributed by atoms with Gasteiger partial charge in [0.2, 0.25) is 0 Å². The minimum atomic E-state index is 0. The van der Waals surface area contributed by atoms with Crippen LogP contribution >= 0.6 is 12.4 Å². The number of hydrazine groups is 1. The highest BCUT2D eigenvalue weighted by molar-refractivity contribution is 5.85. The van der Waals surface area contributed by atoms with Crippen LogP contribution in [-0.2, 0) is 0 Å². The largest absolute Gasteiger partial charge is 0.324 e. The van der Waals surface area contributed by atoms with Crippen molar-refractivity contribution in [2.24, 2.45) is 5.84 Å². The zero-order valence-corrected chi connectivity index (χ0v) is 6.58. The molecule has 0 bridgehead atoms. The van der Waals surface area contributed by atoms with E-state index in [0.717, 1.165) is 5.69 Å². The molecule has 0 aliphatic heterocycles. The second-order valence-electron chi connectivity index (χ2n) is 1.51. The summed E-state index contributed by atoms with van der Waals surface area (Å²) < 4.78 is 0. The smallest absolute Gasteiger partial charge is 0.0485 e. The molecule has 1 aromatic rings. The Hall–Kier alpha value is -1.31. The number of nitrogens with zero attached hydrogens (tertiary/aromatic N) is 2. The molecule has 0 aromatic heterocycles. The molecule has 11 heavy (non-hydrogen) atoms. The molecule has 0 saturated heterocycles. The number of hydrogen-bond acceptors (Lipinski definition) is 4. The Morgan fingerprint density at radius 1 is 1.09 bits per heavy atom. The Bertz CT molecular complexity index is 186. The lowest BCUT2D eigenvalue weighted by atomic mass is 10.3. The number of nitrogen functional groups attached to an aromatic ring is 1. The minimum absolute atomic E-state index is 0. The van der Waals surface area contributed by atoms with Crippen molar-refractivity contribution >= 4 is 18.1 Å². The van der Waals surface area contributed by atoms with E-state index >= 15 is 0 Å². The zero-order valence-electron chi connectivity index (χ0n) is 5.77. The van der Waals surface area contributed by atoms with Crippen molar-refractivity contribution in [2.75, 3.05) is 5.43 Å². The van der Waals surface area contributed by atoms with E-state index < -0.39 is 0 Å². The van der Waals surface area contributed by atoms with Gasteiger partial charge in [0.15, 0.2) is 0 Å². The van der Waals surface area contributed by atoms with E-state index in [1.54, 1.807) is 0 Å². The van der Waals surface area contributed by atoms with Crippen LogP contribution in [0.25, 0.3) is 0 Å². The first-order valence-electron chi connectivity index (χ1n) is 2.65. The number of hydrogen-bond donors (Lipinski definition) is 2. The van der Waals surface area contributed by atoms with Crippen LogP contribution in [0, 0.1) is 10.8 Å². The van der Waals surface area contributed by atoms with Crippen LogP contribution in [0.1, 0.15) is 0 Å². The van der Waals surface area contributed by atoms with Gasteiger partial charge in [-0.25, -0.2) is 0 Å². The molecule has 0 unspecified atom stereocenters. The maximum Gasteiger partial charge on any atom is 0.0485 e. The van der Waals surface area contributed by atoms with E-state index in [9.17, 15) is 0 Å². The summed E-state index contributed by atoms with van der Waals surface area (Å²) in [5, 5.41) is 12.0. The van der Waals surface area contributed by atoms with E-state index in [1.807, 2.05) is 30.3 Å². The molecule has 0 radical (unpaired) electrons. The van der Waals surface area contributed by atoms with Crippen molar-refractivity contribution in [2.45, 2.75) is 0 Å². The van der Waals surface area contributed by atoms with Gasteiger partial charge in [-0.2, -0.15) is 0 Å². The first-order chi connectivity index (χ1) is 4.93. The molecule has 0 saturated carbocycles. The third-order valence-electron chi connectivity index (χ3n) is 0.940. The summed E-state index contributed by atoms with van der Waals surface area (Å²) in [4.78, 5) is 0. The highest BCUT2D eigenvalue weighted by Gasteiger charge is 1.78. The number of halogens is 1. The van der Waals surface area contributed by atoms with Gasteiger partial charge in [-0.05, 0) is 12.1 Å². The minimum Gasteiger partial charge on any atom is -0.324 e. The summed E-state index contributed by atoms with van der Waals surface area (Å²) in [6, 6.07) is 9.60. The van der Waals surface area contributed by atoms with Gasteiger partial charge in [0.1, 0.15) is 0 Å². The molecular formula is C6H9ClN4. The lowest BCUT2D eigenvalue weighted by Crippen LogP contribution is -2.05. The van der Waals surface area contributed by atoms with Crippen molar-refractivity contribution in [3.8, 4) is 0 Å². The van der Waals surface area contributed by atoms with Gasteiger partial charge < -0.3 is 5.43 Å². The monoisotopic (exact) mass is 172 g/mol. The van der Waals surface area contributed by atoms with Gasteiger partial charge in [-0.15, -0.1) is 12.4 Å². The summed E-state index contributed by atoms with van der Waals surface area (Å²) in [6.45, 7) is 0. The Kier molecular flexibility index (Phi) is 9.78. The van der Waals surface area contributed by atoms with Crippen molar-refractivity contribution in [1.82, 2.24) is 0 Å². The summed E-state index contributed by atoms with van der Waals surface area (Å²) in [6.07, 6.45) is 0. The highest BCUT2D eigenvalue weighted by Crippen LogP contribution is 2.00. The van der Waals surface area contributed by atoms with Crippen molar-refractivity contribution in [3.63, 3.8) is 0 Å². The van der Waals surface area contributed by atoms with Crippen LogP contribution in [-0.4, -0.2) is 0 Å². The summed E-state index contributed by atoms with van der Waals surface area (Å²) in [7, 11) is 0. The Morgan fingerprint density at radius 3 is 1.82 bits per heavy atom. The third-order valence-corrected chi connectivity index (χ3v) is 0.940. The molecule has 4 nitrogen and oxygen atoms in total. The Balaban J connectivity index is 0. The number of anilines is 1. The lowest BCUT2D eigenvalue weighted by Gasteiger charge is -1.94. The van der Waals surface area contributed by atoms with Crippen molar-refractivity contribution in [1.29, 1.82) is 10.8 Å².